The number of aromatic amines is 1. The van der Waals surface area contributed by atoms with E-state index in [-0.39, 0.29) is 55.4 Å². The predicted molar refractivity (Wildman–Crippen MR) is 235 cm³/mol. The summed E-state index contributed by atoms with van der Waals surface area (Å²) < 4.78 is 5.77. The number of rotatable bonds is 10. The Balaban J connectivity index is 1.37. The summed E-state index contributed by atoms with van der Waals surface area (Å²) in [6, 6.07) is 22.8. The summed E-state index contributed by atoms with van der Waals surface area (Å²) in [6.07, 6.45) is 12.2. The third-order valence-electron chi connectivity index (χ3n) is 11.2. The van der Waals surface area contributed by atoms with Crippen LogP contribution in [-0.2, 0) is 43.2 Å². The zero-order valence-electron chi connectivity index (χ0n) is 34.7. The fourth-order valence-corrected chi connectivity index (χ4v) is 7.87. The normalized spacial score (nSPS) is 21.1. The summed E-state index contributed by atoms with van der Waals surface area (Å²) in [5.41, 5.74) is 14.8. The molecule has 1 fully saturated rings. The molecule has 0 spiro atoms. The van der Waals surface area contributed by atoms with Gasteiger partial charge in [0.2, 0.25) is 17.7 Å². The first-order chi connectivity index (χ1) is 29.1. The Hall–Kier alpha value is -5.85. The van der Waals surface area contributed by atoms with Crippen molar-refractivity contribution >= 4 is 40.6 Å². The van der Waals surface area contributed by atoms with Gasteiger partial charge >= 0.3 is 5.97 Å². The second kappa shape index (κ2) is 24.3. The summed E-state index contributed by atoms with van der Waals surface area (Å²) in [5, 5.41) is 20.0. The van der Waals surface area contributed by atoms with Crippen LogP contribution in [0.15, 0.2) is 90.1 Å². The number of nitrogens with one attached hydrogen (secondary N) is 4. The van der Waals surface area contributed by atoms with Crippen LogP contribution in [0.1, 0.15) is 93.7 Å². The van der Waals surface area contributed by atoms with Gasteiger partial charge in [-0.3, -0.25) is 19.4 Å². The first-order valence-electron chi connectivity index (χ1n) is 21.6. The molecule has 0 radical (unpaired) electrons. The zero-order chi connectivity index (χ0) is 42.5. The van der Waals surface area contributed by atoms with Gasteiger partial charge in [-0.1, -0.05) is 106 Å². The molecule has 0 saturated carbocycles. The van der Waals surface area contributed by atoms with Crippen molar-refractivity contribution in [2.45, 2.75) is 108 Å². The summed E-state index contributed by atoms with van der Waals surface area (Å²) in [4.78, 5) is 63.1. The van der Waals surface area contributed by atoms with Gasteiger partial charge in [0.05, 0.1) is 12.5 Å². The number of aromatic nitrogens is 1. The number of nitrogens with zero attached hydrogens (tertiary/aromatic N) is 1. The second-order valence-corrected chi connectivity index (χ2v) is 16.0. The molecule has 4 aromatic rings. The average molecular weight is 822 g/mol. The lowest BCUT2D eigenvalue weighted by Gasteiger charge is -2.25. The molecular weight excluding hydrogens is 759 g/mol. The molecular formula is C47H63N7O6. The molecule has 1 saturated heterocycles. The van der Waals surface area contributed by atoms with Crippen LogP contribution in [-0.4, -0.2) is 71.5 Å². The van der Waals surface area contributed by atoms with E-state index in [1.165, 1.54) is 0 Å². The zero-order valence-corrected chi connectivity index (χ0v) is 34.7. The SMILES string of the molecule is NC(N)=NCCCC1CC(=O)NC(Cc2c[nH]c3ccccc23)C(=O)OCCCCCCCCCCC(Cc2ccc(O)cc2)C(=O)NCC(Cc2ccccc2)C(=O)N1. The molecule has 4 atom stereocenters. The molecule has 1 aliphatic heterocycles. The maximum absolute atomic E-state index is 14.3. The molecule has 0 bridgehead atoms. The Bertz CT molecular complexity index is 1980. The van der Waals surface area contributed by atoms with E-state index in [1.807, 2.05) is 72.9 Å². The monoisotopic (exact) mass is 821 g/mol. The van der Waals surface area contributed by atoms with Crippen LogP contribution in [0.4, 0.5) is 0 Å². The molecule has 2 heterocycles. The molecule has 3 amide bonds. The molecule has 1 aromatic heterocycles. The number of amides is 3. The first-order valence-corrected chi connectivity index (χ1v) is 21.6. The molecule has 9 N–H and O–H groups in total. The Morgan fingerprint density at radius 2 is 1.40 bits per heavy atom. The van der Waals surface area contributed by atoms with Gasteiger partial charge in [-0.2, -0.15) is 0 Å². The minimum atomic E-state index is -0.948. The van der Waals surface area contributed by atoms with Gasteiger partial charge in [-0.25, -0.2) is 4.79 Å². The molecule has 0 aliphatic carbocycles. The minimum Gasteiger partial charge on any atom is -0.508 e. The lowest BCUT2D eigenvalue weighted by Crippen LogP contribution is -2.48. The molecule has 3 aromatic carbocycles. The van der Waals surface area contributed by atoms with E-state index in [1.54, 1.807) is 12.1 Å². The van der Waals surface area contributed by atoms with Gasteiger partial charge in [0.15, 0.2) is 5.96 Å². The Kier molecular flexibility index (Phi) is 18.3. The standard InChI is InChI=1S/C47H63N7O6/c48-47(49)50-25-14-18-38-30-43(56)54-42(29-36-31-51-41-20-12-11-19-40(36)41)46(59)60-26-13-6-4-2-1-3-5-10-17-35(27-34-21-23-39(55)24-22-34)44(57)52-32-37(45(58)53-38)28-33-15-8-7-9-16-33/h7-9,11-12,15-16,19-24,31,35,37-38,42,51,55H,1-6,10,13-14,17-18,25-30,32H2,(H,52,57)(H,53,58)(H,54,56)(H4,48,49,50). The van der Waals surface area contributed by atoms with Gasteiger partial charge in [0, 0.05) is 55.0 Å². The summed E-state index contributed by atoms with van der Waals surface area (Å²) in [6.45, 7) is 0.657. The number of guanidine groups is 1. The lowest BCUT2D eigenvalue weighted by atomic mass is 9.91. The fourth-order valence-electron chi connectivity index (χ4n) is 7.87. The van der Waals surface area contributed by atoms with Crippen LogP contribution in [0.5, 0.6) is 5.75 Å². The van der Waals surface area contributed by atoms with Crippen molar-refractivity contribution in [2.75, 3.05) is 19.7 Å². The maximum atomic E-state index is 14.3. The Morgan fingerprint density at radius 3 is 2.15 bits per heavy atom. The average Bonchev–Trinajstić information content (AvgIpc) is 3.65. The molecule has 13 heteroatoms. The largest absolute Gasteiger partial charge is 0.508 e. The van der Waals surface area contributed by atoms with Gasteiger partial charge in [0.1, 0.15) is 11.8 Å². The van der Waals surface area contributed by atoms with E-state index in [0.717, 1.165) is 79.0 Å². The van der Waals surface area contributed by atoms with E-state index in [2.05, 4.69) is 25.9 Å². The van der Waals surface area contributed by atoms with Crippen molar-refractivity contribution in [3.8, 4) is 5.75 Å². The van der Waals surface area contributed by atoms with Gasteiger partial charge in [-0.05, 0) is 73.4 Å². The number of carbonyl (C=O) groups is 4. The number of nitrogens with two attached hydrogens (primary N) is 2. The van der Waals surface area contributed by atoms with Crippen LogP contribution in [0, 0.1) is 11.8 Å². The molecule has 322 valence electrons. The van der Waals surface area contributed by atoms with Crippen molar-refractivity contribution in [1.29, 1.82) is 0 Å². The van der Waals surface area contributed by atoms with Crippen LogP contribution in [0.25, 0.3) is 10.9 Å². The number of esters is 1. The number of carbonyl (C=O) groups excluding carboxylic acids is 4. The van der Waals surface area contributed by atoms with Gasteiger partial charge < -0.3 is 42.2 Å². The Morgan fingerprint density at radius 1 is 0.733 bits per heavy atom. The number of aliphatic imine (C=N–C) groups is 1. The molecule has 4 unspecified atom stereocenters. The van der Waals surface area contributed by atoms with E-state index >= 15 is 0 Å². The van der Waals surface area contributed by atoms with Gasteiger partial charge in [0.25, 0.3) is 0 Å². The highest BCUT2D eigenvalue weighted by atomic mass is 16.5. The topological polar surface area (TPSA) is 214 Å². The van der Waals surface area contributed by atoms with Gasteiger partial charge in [-0.15, -0.1) is 0 Å². The molecule has 13 nitrogen and oxygen atoms in total. The minimum absolute atomic E-state index is 0.0495. The number of aromatic hydroxyl groups is 1. The number of cyclic esters (lactones) is 1. The van der Waals surface area contributed by atoms with E-state index in [0.29, 0.717) is 38.6 Å². The number of hydrogen-bond acceptors (Lipinski definition) is 7. The van der Waals surface area contributed by atoms with E-state index in [4.69, 9.17) is 16.2 Å². The number of phenols is 1. The lowest BCUT2D eigenvalue weighted by molar-refractivity contribution is -0.148. The number of fused-ring (bicyclic) bond motifs is 1. The predicted octanol–water partition coefficient (Wildman–Crippen LogP) is 5.73. The number of phenolic OH excluding ortho intramolecular Hbond substituents is 1. The van der Waals surface area contributed by atoms with Crippen molar-refractivity contribution in [1.82, 2.24) is 20.9 Å². The molecule has 1 aliphatic rings. The van der Waals surface area contributed by atoms with E-state index < -0.39 is 29.9 Å². The van der Waals surface area contributed by atoms with Crippen molar-refractivity contribution in [3.63, 3.8) is 0 Å². The van der Waals surface area contributed by atoms with Crippen LogP contribution < -0.4 is 27.4 Å². The summed E-state index contributed by atoms with van der Waals surface area (Å²) in [5.74, 6) is -2.18. The highest BCUT2D eigenvalue weighted by molar-refractivity contribution is 5.88. The van der Waals surface area contributed by atoms with E-state index in [9.17, 15) is 24.3 Å². The highest BCUT2D eigenvalue weighted by Gasteiger charge is 2.29. The quantitative estimate of drug-likeness (QED) is 0.0453. The second-order valence-electron chi connectivity index (χ2n) is 16.0. The van der Waals surface area contributed by atoms with Crippen LogP contribution in [0.3, 0.4) is 0 Å². The third-order valence-corrected chi connectivity index (χ3v) is 11.2. The fraction of sp³-hybridized carbons (Fsp3) is 0.468. The summed E-state index contributed by atoms with van der Waals surface area (Å²) in [7, 11) is 0. The number of H-pyrrole nitrogens is 1. The number of ether oxygens (including phenoxy) is 1. The smallest absolute Gasteiger partial charge is 0.328 e. The first kappa shape index (κ1) is 45.2. The van der Waals surface area contributed by atoms with Crippen molar-refractivity contribution in [2.24, 2.45) is 28.3 Å². The number of para-hydroxylation sites is 1. The third kappa shape index (κ3) is 15.4. The highest BCUT2D eigenvalue weighted by Crippen LogP contribution is 2.22. The van der Waals surface area contributed by atoms with Crippen LogP contribution >= 0.6 is 0 Å². The molecule has 60 heavy (non-hydrogen) atoms. The molecule has 5 rings (SSSR count). The number of benzene rings is 3. The van der Waals surface area contributed by atoms with Crippen molar-refractivity contribution < 1.29 is 29.0 Å². The maximum Gasteiger partial charge on any atom is 0.328 e. The van der Waals surface area contributed by atoms with Crippen LogP contribution in [0.2, 0.25) is 0 Å². The van der Waals surface area contributed by atoms with Crippen molar-refractivity contribution in [3.05, 3.63) is 102 Å². The Labute approximate surface area is 353 Å². The summed E-state index contributed by atoms with van der Waals surface area (Å²) >= 11 is 0. The number of hydrogen-bond donors (Lipinski definition) is 7.